The van der Waals surface area contributed by atoms with Crippen molar-refractivity contribution in [1.82, 2.24) is 19.6 Å². The van der Waals surface area contributed by atoms with Gasteiger partial charge in [-0.15, -0.1) is 0 Å². The highest BCUT2D eigenvalue weighted by Crippen LogP contribution is 2.13. The predicted molar refractivity (Wildman–Crippen MR) is 97.1 cm³/mol. The van der Waals surface area contributed by atoms with Crippen LogP contribution >= 0.6 is 0 Å². The van der Waals surface area contributed by atoms with E-state index in [1.807, 2.05) is 37.5 Å². The van der Waals surface area contributed by atoms with E-state index in [0.717, 1.165) is 23.6 Å². The van der Waals surface area contributed by atoms with Gasteiger partial charge in [0.05, 0.1) is 24.0 Å². The quantitative estimate of drug-likeness (QED) is 0.399. The molecule has 2 heterocycles. The van der Waals surface area contributed by atoms with E-state index in [0.29, 0.717) is 12.2 Å². The van der Waals surface area contributed by atoms with Gasteiger partial charge in [-0.3, -0.25) is 20.6 Å². The molecule has 0 unspecified atom stereocenters. The monoisotopic (exact) mass is 368 g/mol. The number of carboxylic acids is 1. The number of carbonyl (C=O) groups excluding carboxylic acids is 1. The maximum Gasteiger partial charge on any atom is 0.270 e. The SMILES string of the molecule is CC(=O)[O-].Cn1cc(-c2ccc(=O)n(Cc3cccc(C(N)=[NH2+])c3)n2)cn1. The van der Waals surface area contributed by atoms with Crippen LogP contribution in [0.15, 0.2) is 53.6 Å². The second-order valence-corrected chi connectivity index (χ2v) is 5.76. The number of carboxylic acid groups (broad SMARTS) is 1. The predicted octanol–water partition coefficient (Wildman–Crippen LogP) is -2.09. The highest BCUT2D eigenvalue weighted by atomic mass is 16.4. The van der Waals surface area contributed by atoms with Gasteiger partial charge in [0.15, 0.2) is 0 Å². The summed E-state index contributed by atoms with van der Waals surface area (Å²) in [6, 6.07) is 10.6. The Morgan fingerprint density at radius 2 is 2.00 bits per heavy atom. The second-order valence-electron chi connectivity index (χ2n) is 5.76. The zero-order valence-corrected chi connectivity index (χ0v) is 15.0. The summed E-state index contributed by atoms with van der Waals surface area (Å²) in [6.07, 6.45) is 3.56. The van der Waals surface area contributed by atoms with Gasteiger partial charge in [0.1, 0.15) is 0 Å². The molecule has 3 rings (SSSR count). The number of amidine groups is 1. The largest absolute Gasteiger partial charge is 0.550 e. The molecule has 9 nitrogen and oxygen atoms in total. The third kappa shape index (κ3) is 5.63. The molecule has 0 radical (unpaired) electrons. The maximum atomic E-state index is 12.1. The lowest BCUT2D eigenvalue weighted by molar-refractivity contribution is -0.302. The number of hydrogen-bond acceptors (Lipinski definition) is 5. The summed E-state index contributed by atoms with van der Waals surface area (Å²) in [5.74, 6) is -0.837. The first-order valence-electron chi connectivity index (χ1n) is 7.98. The highest BCUT2D eigenvalue weighted by molar-refractivity contribution is 5.92. The molecule has 140 valence electrons. The Morgan fingerprint density at radius 3 is 2.59 bits per heavy atom. The van der Waals surface area contributed by atoms with Gasteiger partial charge in [-0.1, -0.05) is 12.1 Å². The van der Waals surface area contributed by atoms with Crippen molar-refractivity contribution in [2.24, 2.45) is 12.8 Å². The molecule has 3 aromatic rings. The van der Waals surface area contributed by atoms with Gasteiger partial charge in [0, 0.05) is 30.8 Å². The molecule has 0 aliphatic heterocycles. The van der Waals surface area contributed by atoms with Crippen molar-refractivity contribution in [1.29, 1.82) is 0 Å². The van der Waals surface area contributed by atoms with E-state index in [2.05, 4.69) is 10.2 Å². The van der Waals surface area contributed by atoms with Crippen LogP contribution in [0.5, 0.6) is 0 Å². The maximum absolute atomic E-state index is 12.1. The second kappa shape index (κ2) is 8.56. The molecular formula is C18H20N6O3. The van der Waals surface area contributed by atoms with E-state index in [4.69, 9.17) is 21.0 Å². The molecular weight excluding hydrogens is 348 g/mol. The molecule has 0 bridgehead atoms. The van der Waals surface area contributed by atoms with Crippen LogP contribution in [0.4, 0.5) is 0 Å². The van der Waals surface area contributed by atoms with E-state index in [1.165, 1.54) is 10.7 Å². The van der Waals surface area contributed by atoms with Crippen molar-refractivity contribution < 1.29 is 15.3 Å². The van der Waals surface area contributed by atoms with Gasteiger partial charge < -0.3 is 9.90 Å². The first-order chi connectivity index (χ1) is 12.8. The zero-order chi connectivity index (χ0) is 20.0. The average Bonchev–Trinajstić information content (AvgIpc) is 3.03. The molecule has 0 spiro atoms. The first-order valence-corrected chi connectivity index (χ1v) is 7.98. The molecule has 0 aliphatic carbocycles. The topological polar surface area (TPSA) is 144 Å². The van der Waals surface area contributed by atoms with E-state index in [1.54, 1.807) is 16.9 Å². The van der Waals surface area contributed by atoms with Crippen molar-refractivity contribution in [2.75, 3.05) is 0 Å². The van der Waals surface area contributed by atoms with Crippen LogP contribution in [0.3, 0.4) is 0 Å². The van der Waals surface area contributed by atoms with Crippen LogP contribution < -0.4 is 21.8 Å². The van der Waals surface area contributed by atoms with Crippen LogP contribution in [-0.2, 0) is 18.4 Å². The number of nitrogens with zero attached hydrogens (tertiary/aromatic N) is 4. The molecule has 1 aromatic carbocycles. The van der Waals surface area contributed by atoms with Gasteiger partial charge in [0.2, 0.25) is 0 Å². The minimum Gasteiger partial charge on any atom is -0.550 e. The Kier molecular flexibility index (Phi) is 6.21. The summed E-state index contributed by atoms with van der Waals surface area (Å²) < 4.78 is 3.10. The Labute approximate surface area is 155 Å². The van der Waals surface area contributed by atoms with E-state index in [9.17, 15) is 4.79 Å². The smallest absolute Gasteiger partial charge is 0.270 e. The van der Waals surface area contributed by atoms with Crippen molar-refractivity contribution >= 4 is 11.8 Å². The Hall–Kier alpha value is -3.75. The molecule has 0 atom stereocenters. The molecule has 2 aromatic heterocycles. The number of benzene rings is 1. The molecule has 0 saturated heterocycles. The van der Waals surface area contributed by atoms with Crippen molar-refractivity contribution in [3.05, 3.63) is 70.3 Å². The van der Waals surface area contributed by atoms with Gasteiger partial charge in [-0.2, -0.15) is 10.2 Å². The third-order valence-corrected chi connectivity index (χ3v) is 3.46. The van der Waals surface area contributed by atoms with Crippen LogP contribution in [-0.4, -0.2) is 31.4 Å². The average molecular weight is 368 g/mol. The fourth-order valence-corrected chi connectivity index (χ4v) is 2.29. The molecule has 0 amide bonds. The van der Waals surface area contributed by atoms with Gasteiger partial charge in [-0.25, -0.2) is 4.68 Å². The molecule has 0 fully saturated rings. The molecule has 9 heteroatoms. The molecule has 0 saturated carbocycles. The van der Waals surface area contributed by atoms with E-state index >= 15 is 0 Å². The number of nitrogens with two attached hydrogens (primary N) is 2. The summed E-state index contributed by atoms with van der Waals surface area (Å²) in [5, 5.41) is 23.0. The van der Waals surface area contributed by atoms with E-state index < -0.39 is 5.97 Å². The normalized spacial score (nSPS) is 10.0. The fraction of sp³-hybridized carbons (Fsp3) is 0.167. The van der Waals surface area contributed by atoms with E-state index in [-0.39, 0.29) is 11.4 Å². The number of aromatic nitrogens is 4. The lowest BCUT2D eigenvalue weighted by Gasteiger charge is -2.07. The summed E-state index contributed by atoms with van der Waals surface area (Å²) in [4.78, 5) is 20.9. The van der Waals surface area contributed by atoms with Gasteiger partial charge in [0.25, 0.3) is 11.4 Å². The number of rotatable bonds is 4. The Bertz CT molecular complexity index is 1020. The summed E-state index contributed by atoms with van der Waals surface area (Å²) >= 11 is 0. The van der Waals surface area contributed by atoms with Crippen LogP contribution in [0.1, 0.15) is 18.1 Å². The van der Waals surface area contributed by atoms with Crippen molar-refractivity contribution in [3.63, 3.8) is 0 Å². The number of carbonyl (C=O) groups is 1. The minimum atomic E-state index is -1.08. The van der Waals surface area contributed by atoms with Crippen LogP contribution in [0.25, 0.3) is 11.3 Å². The molecule has 27 heavy (non-hydrogen) atoms. The summed E-state index contributed by atoms with van der Waals surface area (Å²) in [7, 11) is 1.83. The number of aliphatic carboxylic acids is 1. The highest BCUT2D eigenvalue weighted by Gasteiger charge is 2.07. The molecule has 0 aliphatic rings. The Morgan fingerprint density at radius 1 is 1.30 bits per heavy atom. The van der Waals surface area contributed by atoms with Crippen LogP contribution in [0, 0.1) is 0 Å². The fourth-order valence-electron chi connectivity index (χ4n) is 2.29. The minimum absolute atomic E-state index is 0.173. The summed E-state index contributed by atoms with van der Waals surface area (Å²) in [6.45, 7) is 1.31. The van der Waals surface area contributed by atoms with Crippen molar-refractivity contribution in [2.45, 2.75) is 13.5 Å². The molecule has 4 N–H and O–H groups in total. The summed E-state index contributed by atoms with van der Waals surface area (Å²) in [5.41, 5.74) is 8.62. The first kappa shape index (κ1) is 19.6. The number of hydrogen-bond donors (Lipinski definition) is 2. The van der Waals surface area contributed by atoms with Crippen molar-refractivity contribution in [3.8, 4) is 11.3 Å². The van der Waals surface area contributed by atoms with Crippen LogP contribution in [0.2, 0.25) is 0 Å². The lowest BCUT2D eigenvalue weighted by atomic mass is 10.1. The zero-order valence-electron chi connectivity index (χ0n) is 15.0. The Balaban J connectivity index is 0.000000596. The van der Waals surface area contributed by atoms with Gasteiger partial charge >= 0.3 is 0 Å². The lowest BCUT2D eigenvalue weighted by Crippen LogP contribution is -2.46. The number of aryl methyl sites for hydroxylation is 1. The van der Waals surface area contributed by atoms with Gasteiger partial charge in [-0.05, 0) is 30.7 Å². The standard InChI is InChI=1S/C16H16N6O.C2H4O2/c1-21-10-13(8-19-21)14-5-6-15(23)22(20-14)9-11-3-2-4-12(7-11)16(17)18;1-2(3)4/h2-8,10H,9H2,1H3,(H3,17,18);1H3,(H,3,4). The third-order valence-electron chi connectivity index (χ3n) is 3.46.